The minimum atomic E-state index is 0.610. The van der Waals surface area contributed by atoms with Crippen molar-refractivity contribution in [1.29, 1.82) is 0 Å². The molecule has 0 spiro atoms. The first-order chi connectivity index (χ1) is 11.1. The zero-order valence-corrected chi connectivity index (χ0v) is 14.3. The fraction of sp³-hybridized carbons (Fsp3) is 0.158. The van der Waals surface area contributed by atoms with Gasteiger partial charge in [0.2, 0.25) is 0 Å². The summed E-state index contributed by atoms with van der Waals surface area (Å²) in [7, 11) is 1.94. The van der Waals surface area contributed by atoms with Gasteiger partial charge < -0.3 is 9.80 Å². The van der Waals surface area contributed by atoms with Crippen LogP contribution >= 0.6 is 23.2 Å². The highest BCUT2D eigenvalue weighted by molar-refractivity contribution is 6.38. The van der Waals surface area contributed by atoms with Gasteiger partial charge in [-0.15, -0.1) is 0 Å². The third kappa shape index (κ3) is 2.62. The predicted octanol–water partition coefficient (Wildman–Crippen LogP) is 5.30. The second kappa shape index (κ2) is 5.63. The molecule has 2 nitrogen and oxygen atoms in total. The molecule has 0 saturated carbocycles. The molecule has 0 N–H and O–H groups in total. The summed E-state index contributed by atoms with van der Waals surface area (Å²) in [6.45, 7) is 1.47. The first-order valence-corrected chi connectivity index (χ1v) is 8.30. The second-order valence-corrected chi connectivity index (χ2v) is 6.72. The number of hydrogen-bond acceptors (Lipinski definition) is 2. The van der Waals surface area contributed by atoms with Crippen molar-refractivity contribution in [2.24, 2.45) is 0 Å². The summed E-state index contributed by atoms with van der Waals surface area (Å²) >= 11 is 12.5. The van der Waals surface area contributed by atoms with Gasteiger partial charge in [-0.05, 0) is 45.3 Å². The van der Waals surface area contributed by atoms with E-state index in [2.05, 4.69) is 59.5 Å². The molecule has 1 aliphatic rings. The van der Waals surface area contributed by atoms with E-state index in [1.165, 1.54) is 27.1 Å². The van der Waals surface area contributed by atoms with Crippen LogP contribution in [-0.4, -0.2) is 23.5 Å². The van der Waals surface area contributed by atoms with E-state index in [1.54, 1.807) is 0 Å². The summed E-state index contributed by atoms with van der Waals surface area (Å²) < 4.78 is 0. The average molecular weight is 343 g/mol. The number of halogens is 2. The number of benzene rings is 3. The first-order valence-electron chi connectivity index (χ1n) is 7.54. The fourth-order valence-electron chi connectivity index (χ4n) is 3.10. The fourth-order valence-corrected chi connectivity index (χ4v) is 3.53. The van der Waals surface area contributed by atoms with Gasteiger partial charge in [-0.3, -0.25) is 0 Å². The minimum absolute atomic E-state index is 0.610. The highest BCUT2D eigenvalue weighted by Crippen LogP contribution is 2.30. The van der Waals surface area contributed by atoms with Gasteiger partial charge in [0.15, 0.2) is 0 Å². The van der Waals surface area contributed by atoms with Gasteiger partial charge in [-0.1, -0.05) is 59.6 Å². The van der Waals surface area contributed by atoms with Crippen molar-refractivity contribution in [2.45, 2.75) is 6.54 Å². The van der Waals surface area contributed by atoms with Crippen molar-refractivity contribution < 1.29 is 0 Å². The van der Waals surface area contributed by atoms with E-state index in [-0.39, 0.29) is 0 Å². The first kappa shape index (κ1) is 14.7. The molecule has 0 saturated heterocycles. The zero-order chi connectivity index (χ0) is 16.0. The molecule has 4 heteroatoms. The lowest BCUT2D eigenvalue weighted by atomic mass is 10.0. The van der Waals surface area contributed by atoms with E-state index in [4.69, 9.17) is 23.2 Å². The van der Waals surface area contributed by atoms with E-state index in [0.29, 0.717) is 17.0 Å². The van der Waals surface area contributed by atoms with Crippen LogP contribution in [0.1, 0.15) is 5.56 Å². The van der Waals surface area contributed by atoms with Crippen LogP contribution in [0.15, 0.2) is 64.9 Å². The molecule has 0 unspecified atom stereocenters. The quantitative estimate of drug-likeness (QED) is 0.460. The Morgan fingerprint density at radius 2 is 1.48 bits per heavy atom. The van der Waals surface area contributed by atoms with Crippen molar-refractivity contribution >= 4 is 44.7 Å². The largest absolute Gasteiger partial charge is 0.345 e. The average Bonchev–Trinajstić information content (AvgIpc) is 2.80. The lowest BCUT2D eigenvalue weighted by Crippen LogP contribution is -2.23. The Morgan fingerprint density at radius 3 is 2.13 bits per heavy atom. The molecular weight excluding hydrogens is 327 g/mol. The van der Waals surface area contributed by atoms with Gasteiger partial charge in [0.05, 0.1) is 6.67 Å². The number of fused-ring (bicyclic) bond motifs is 2. The summed E-state index contributed by atoms with van der Waals surface area (Å²) in [6.07, 6.45) is 0. The molecular formula is C19H16Cl2N2. The molecule has 1 heterocycles. The maximum absolute atomic E-state index is 6.30. The molecule has 0 aliphatic carbocycles. The Balaban J connectivity index is 1.70. The highest BCUT2D eigenvalue weighted by Gasteiger charge is 2.23. The molecule has 0 bridgehead atoms. The van der Waals surface area contributed by atoms with Gasteiger partial charge in [-0.25, -0.2) is 0 Å². The van der Waals surface area contributed by atoms with E-state index in [9.17, 15) is 0 Å². The van der Waals surface area contributed by atoms with Crippen molar-refractivity contribution in [2.75, 3.05) is 13.7 Å². The van der Waals surface area contributed by atoms with Crippen molar-refractivity contribution in [3.05, 3.63) is 70.5 Å². The van der Waals surface area contributed by atoms with Crippen LogP contribution in [0.3, 0.4) is 0 Å². The Hall–Kier alpha value is -1.90. The molecule has 0 aromatic heterocycles. The molecule has 1 aliphatic heterocycles. The molecule has 0 fully saturated rings. The summed E-state index contributed by atoms with van der Waals surface area (Å²) in [5.41, 5.74) is 1.23. The standard InChI is InChI=1S/C19H16Cl2N2/c1-22-12-23(19(21)18(22)20)11-13-6-7-16-9-14-4-2-3-5-15(14)10-17(16)8-13/h2-10H,11-12H2,1H3. The van der Waals surface area contributed by atoms with Crippen molar-refractivity contribution in [1.82, 2.24) is 9.80 Å². The topological polar surface area (TPSA) is 6.48 Å². The Kier molecular flexibility index (Phi) is 3.59. The third-order valence-electron chi connectivity index (χ3n) is 4.31. The maximum atomic E-state index is 6.30. The van der Waals surface area contributed by atoms with Crippen LogP contribution in [0.25, 0.3) is 21.5 Å². The van der Waals surface area contributed by atoms with Crippen LogP contribution in [0.2, 0.25) is 0 Å². The lowest BCUT2D eigenvalue weighted by molar-refractivity contribution is 0.283. The number of hydrogen-bond donors (Lipinski definition) is 0. The maximum Gasteiger partial charge on any atom is 0.142 e. The molecule has 4 rings (SSSR count). The molecule has 116 valence electrons. The van der Waals surface area contributed by atoms with Gasteiger partial charge in [0, 0.05) is 13.6 Å². The Labute approximate surface area is 145 Å². The van der Waals surface area contributed by atoms with Crippen molar-refractivity contribution in [3.63, 3.8) is 0 Å². The molecule has 23 heavy (non-hydrogen) atoms. The predicted molar refractivity (Wildman–Crippen MR) is 98.4 cm³/mol. The summed E-state index contributed by atoms with van der Waals surface area (Å²) in [4.78, 5) is 4.02. The van der Waals surface area contributed by atoms with Gasteiger partial charge in [-0.2, -0.15) is 0 Å². The van der Waals surface area contributed by atoms with Crippen LogP contribution in [0, 0.1) is 0 Å². The third-order valence-corrected chi connectivity index (χ3v) is 5.29. The van der Waals surface area contributed by atoms with Crippen LogP contribution in [0.4, 0.5) is 0 Å². The Morgan fingerprint density at radius 1 is 0.826 bits per heavy atom. The normalized spacial score (nSPS) is 15.3. The zero-order valence-electron chi connectivity index (χ0n) is 12.8. The lowest BCUT2D eigenvalue weighted by Gasteiger charge is -2.19. The van der Waals surface area contributed by atoms with Gasteiger partial charge >= 0.3 is 0 Å². The summed E-state index contributed by atoms with van der Waals surface area (Å²) in [6, 6.07) is 19.5. The van der Waals surface area contributed by atoms with Gasteiger partial charge in [0.25, 0.3) is 0 Å². The van der Waals surface area contributed by atoms with Crippen LogP contribution in [-0.2, 0) is 6.54 Å². The number of nitrogens with zero attached hydrogens (tertiary/aromatic N) is 2. The molecule has 3 aromatic rings. The summed E-state index contributed by atoms with van der Waals surface area (Å²) in [5.74, 6) is 0. The molecule has 0 amide bonds. The minimum Gasteiger partial charge on any atom is -0.345 e. The monoisotopic (exact) mass is 342 g/mol. The Bertz CT molecular complexity index is 933. The molecule has 0 atom stereocenters. The highest BCUT2D eigenvalue weighted by atomic mass is 35.5. The summed E-state index contributed by atoms with van der Waals surface area (Å²) in [5, 5.41) is 6.27. The second-order valence-electron chi connectivity index (χ2n) is 6.00. The van der Waals surface area contributed by atoms with Crippen molar-refractivity contribution in [3.8, 4) is 0 Å². The van der Waals surface area contributed by atoms with E-state index < -0.39 is 0 Å². The smallest absolute Gasteiger partial charge is 0.142 e. The van der Waals surface area contributed by atoms with E-state index in [0.717, 1.165) is 6.54 Å². The van der Waals surface area contributed by atoms with Crippen LogP contribution in [0.5, 0.6) is 0 Å². The van der Waals surface area contributed by atoms with E-state index >= 15 is 0 Å². The SMILES string of the molecule is CN1CN(Cc2ccc3cc4ccccc4cc3c2)C(Cl)=C1Cl. The van der Waals surface area contributed by atoms with E-state index in [1.807, 2.05) is 11.9 Å². The van der Waals surface area contributed by atoms with Crippen LogP contribution < -0.4 is 0 Å². The molecule has 0 radical (unpaired) electrons. The molecule has 3 aromatic carbocycles. The number of rotatable bonds is 2. The van der Waals surface area contributed by atoms with Gasteiger partial charge in [0.1, 0.15) is 10.3 Å².